The van der Waals surface area contributed by atoms with Crippen LogP contribution in [0.1, 0.15) is 34.1 Å². The van der Waals surface area contributed by atoms with Gasteiger partial charge < -0.3 is 11.1 Å². The predicted molar refractivity (Wildman–Crippen MR) is 64.8 cm³/mol. The van der Waals surface area contributed by atoms with Gasteiger partial charge in [-0.2, -0.15) is 0 Å². The lowest BCUT2D eigenvalue weighted by Crippen LogP contribution is -2.44. The normalized spacial score (nSPS) is 14.6. The highest BCUT2D eigenvalue weighted by Crippen LogP contribution is 2.06. The van der Waals surface area contributed by atoms with Gasteiger partial charge in [0.2, 0.25) is 5.91 Å². The van der Waals surface area contributed by atoms with Gasteiger partial charge >= 0.3 is 0 Å². The standard InChI is InChI=1S/C10H22N2O3S/c1-8(5-6-11)16(14,15)7-9(13)12-10(2,3)4/h8H,5-7,11H2,1-4H3,(H,12,13). The number of hydrogen-bond acceptors (Lipinski definition) is 4. The van der Waals surface area contributed by atoms with Crippen LogP contribution in [0.5, 0.6) is 0 Å². The Morgan fingerprint density at radius 1 is 1.38 bits per heavy atom. The first-order valence-corrected chi connectivity index (χ1v) is 7.02. The number of sulfone groups is 1. The number of nitrogens with one attached hydrogen (secondary N) is 1. The van der Waals surface area contributed by atoms with Crippen molar-refractivity contribution in [2.45, 2.75) is 44.9 Å². The lowest BCUT2D eigenvalue weighted by molar-refractivity contribution is -0.120. The average Bonchev–Trinajstić information content (AvgIpc) is 1.99. The first-order valence-electron chi connectivity index (χ1n) is 5.31. The number of rotatable bonds is 5. The summed E-state index contributed by atoms with van der Waals surface area (Å²) in [5, 5.41) is 2.06. The molecule has 0 radical (unpaired) electrons. The highest BCUT2D eigenvalue weighted by atomic mass is 32.2. The van der Waals surface area contributed by atoms with Gasteiger partial charge in [-0.1, -0.05) is 0 Å². The molecular weight excluding hydrogens is 228 g/mol. The third kappa shape index (κ3) is 6.07. The maximum absolute atomic E-state index is 11.7. The molecule has 0 bridgehead atoms. The lowest BCUT2D eigenvalue weighted by atomic mass is 10.1. The lowest BCUT2D eigenvalue weighted by Gasteiger charge is -2.21. The Balaban J connectivity index is 4.43. The van der Waals surface area contributed by atoms with E-state index in [2.05, 4.69) is 5.32 Å². The maximum Gasteiger partial charge on any atom is 0.235 e. The molecular formula is C10H22N2O3S. The number of amides is 1. The molecule has 1 amide bonds. The summed E-state index contributed by atoms with van der Waals surface area (Å²) in [6.45, 7) is 7.30. The molecule has 0 aliphatic rings. The Morgan fingerprint density at radius 2 is 1.88 bits per heavy atom. The Hall–Kier alpha value is -0.620. The molecule has 0 aromatic carbocycles. The van der Waals surface area contributed by atoms with Crippen molar-refractivity contribution in [3.8, 4) is 0 Å². The van der Waals surface area contributed by atoms with Crippen molar-refractivity contribution in [1.82, 2.24) is 5.32 Å². The molecule has 0 aromatic heterocycles. The number of carbonyl (C=O) groups excluding carboxylic acids is 1. The Kier molecular flexibility index (Phi) is 5.41. The minimum atomic E-state index is -3.39. The predicted octanol–water partition coefficient (Wildman–Crippen LogP) is 0.0532. The first kappa shape index (κ1) is 15.4. The monoisotopic (exact) mass is 250 g/mol. The minimum Gasteiger partial charge on any atom is -0.351 e. The van der Waals surface area contributed by atoms with E-state index in [0.717, 1.165) is 0 Å². The fourth-order valence-electron chi connectivity index (χ4n) is 1.19. The summed E-state index contributed by atoms with van der Waals surface area (Å²) in [7, 11) is -3.39. The van der Waals surface area contributed by atoms with E-state index in [1.807, 2.05) is 0 Å². The van der Waals surface area contributed by atoms with Crippen LogP contribution in [0.25, 0.3) is 0 Å². The Labute approximate surface area is 97.7 Å². The van der Waals surface area contributed by atoms with Crippen molar-refractivity contribution >= 4 is 15.7 Å². The smallest absolute Gasteiger partial charge is 0.235 e. The molecule has 0 saturated heterocycles. The maximum atomic E-state index is 11.7. The van der Waals surface area contributed by atoms with Crippen molar-refractivity contribution in [2.75, 3.05) is 12.3 Å². The second-order valence-electron chi connectivity index (χ2n) is 4.99. The summed E-state index contributed by atoms with van der Waals surface area (Å²) < 4.78 is 23.4. The van der Waals surface area contributed by atoms with E-state index >= 15 is 0 Å². The van der Waals surface area contributed by atoms with E-state index in [9.17, 15) is 13.2 Å². The summed E-state index contributed by atoms with van der Waals surface area (Å²) in [5.74, 6) is -0.929. The third-order valence-electron chi connectivity index (χ3n) is 2.03. The van der Waals surface area contributed by atoms with Crippen LogP contribution in [0.4, 0.5) is 0 Å². The zero-order valence-electron chi connectivity index (χ0n) is 10.4. The molecule has 0 heterocycles. The summed E-state index contributed by atoms with van der Waals surface area (Å²) in [6.07, 6.45) is 0.380. The van der Waals surface area contributed by atoms with Crippen LogP contribution in [0.2, 0.25) is 0 Å². The van der Waals surface area contributed by atoms with Crippen LogP contribution >= 0.6 is 0 Å². The number of carbonyl (C=O) groups is 1. The highest BCUT2D eigenvalue weighted by molar-refractivity contribution is 7.92. The summed E-state index contributed by atoms with van der Waals surface area (Å²) in [5.41, 5.74) is 4.88. The van der Waals surface area contributed by atoms with Crippen LogP contribution in [0.3, 0.4) is 0 Å². The SMILES string of the molecule is CC(CCN)S(=O)(=O)CC(=O)NC(C)(C)C. The van der Waals surface area contributed by atoms with Gasteiger partial charge in [0.15, 0.2) is 9.84 Å². The fourth-order valence-corrected chi connectivity index (χ4v) is 2.41. The molecule has 6 heteroatoms. The van der Waals surface area contributed by atoms with Gasteiger partial charge in [-0.05, 0) is 40.7 Å². The van der Waals surface area contributed by atoms with E-state index in [1.54, 1.807) is 27.7 Å². The van der Waals surface area contributed by atoms with Crippen LogP contribution in [-0.2, 0) is 14.6 Å². The van der Waals surface area contributed by atoms with Crippen molar-refractivity contribution in [1.29, 1.82) is 0 Å². The highest BCUT2D eigenvalue weighted by Gasteiger charge is 2.25. The van der Waals surface area contributed by atoms with E-state index in [1.165, 1.54) is 0 Å². The Morgan fingerprint density at radius 3 is 2.25 bits per heavy atom. The number of hydrogen-bond donors (Lipinski definition) is 2. The molecule has 3 N–H and O–H groups in total. The van der Waals surface area contributed by atoms with Crippen molar-refractivity contribution in [3.05, 3.63) is 0 Å². The van der Waals surface area contributed by atoms with Gasteiger partial charge in [0.1, 0.15) is 5.75 Å². The molecule has 96 valence electrons. The molecule has 0 aliphatic carbocycles. The molecule has 0 spiro atoms. The van der Waals surface area contributed by atoms with Crippen molar-refractivity contribution < 1.29 is 13.2 Å². The van der Waals surface area contributed by atoms with Crippen molar-refractivity contribution in [3.63, 3.8) is 0 Å². The van der Waals surface area contributed by atoms with E-state index < -0.39 is 32.3 Å². The Bertz CT molecular complexity index is 330. The molecule has 0 saturated carbocycles. The zero-order valence-corrected chi connectivity index (χ0v) is 11.2. The molecule has 0 rings (SSSR count). The number of nitrogens with two attached hydrogens (primary N) is 1. The van der Waals surface area contributed by atoms with Gasteiger partial charge in [0.05, 0.1) is 5.25 Å². The topological polar surface area (TPSA) is 89.3 Å². The van der Waals surface area contributed by atoms with Crippen LogP contribution in [-0.4, -0.2) is 37.4 Å². The third-order valence-corrected chi connectivity index (χ3v) is 4.16. The van der Waals surface area contributed by atoms with Crippen LogP contribution in [0, 0.1) is 0 Å². The molecule has 5 nitrogen and oxygen atoms in total. The fraction of sp³-hybridized carbons (Fsp3) is 0.900. The molecule has 0 fully saturated rings. The first-order chi connectivity index (χ1) is 7.08. The van der Waals surface area contributed by atoms with E-state index in [-0.39, 0.29) is 0 Å². The summed E-state index contributed by atoms with van der Waals surface area (Å²) >= 11 is 0. The average molecular weight is 250 g/mol. The van der Waals surface area contributed by atoms with Crippen molar-refractivity contribution in [2.24, 2.45) is 5.73 Å². The van der Waals surface area contributed by atoms with E-state index in [0.29, 0.717) is 13.0 Å². The van der Waals surface area contributed by atoms with Crippen LogP contribution in [0.15, 0.2) is 0 Å². The minimum absolute atomic E-state index is 0.307. The molecule has 1 atom stereocenters. The van der Waals surface area contributed by atoms with Gasteiger partial charge in [-0.25, -0.2) is 8.42 Å². The molecule has 0 aliphatic heterocycles. The van der Waals surface area contributed by atoms with Gasteiger partial charge in [-0.15, -0.1) is 0 Å². The zero-order chi connectivity index (χ0) is 13.0. The largest absolute Gasteiger partial charge is 0.351 e. The molecule has 16 heavy (non-hydrogen) atoms. The van der Waals surface area contributed by atoms with Gasteiger partial charge in [0, 0.05) is 5.54 Å². The molecule has 0 aromatic rings. The van der Waals surface area contributed by atoms with Gasteiger partial charge in [0.25, 0.3) is 0 Å². The molecule has 1 unspecified atom stereocenters. The van der Waals surface area contributed by atoms with Gasteiger partial charge in [-0.3, -0.25) is 4.79 Å². The van der Waals surface area contributed by atoms with E-state index in [4.69, 9.17) is 5.73 Å². The second kappa shape index (κ2) is 5.63. The quantitative estimate of drug-likeness (QED) is 0.721. The second-order valence-corrected chi connectivity index (χ2v) is 7.41. The summed E-state index contributed by atoms with van der Waals surface area (Å²) in [4.78, 5) is 11.5. The summed E-state index contributed by atoms with van der Waals surface area (Å²) in [6, 6.07) is 0. The van der Waals surface area contributed by atoms with Crippen LogP contribution < -0.4 is 11.1 Å².